The van der Waals surface area contributed by atoms with Gasteiger partial charge < -0.3 is 9.84 Å². The van der Waals surface area contributed by atoms with E-state index in [1.54, 1.807) is 5.38 Å². The van der Waals surface area contributed by atoms with Crippen LogP contribution in [0.25, 0.3) is 5.76 Å². The number of thiazole rings is 1. The van der Waals surface area contributed by atoms with Gasteiger partial charge in [-0.3, -0.25) is 4.90 Å². The van der Waals surface area contributed by atoms with Crippen molar-refractivity contribution in [1.29, 1.82) is 0 Å². The van der Waals surface area contributed by atoms with Crippen LogP contribution in [-0.4, -0.2) is 40.6 Å². The molecule has 1 aromatic heterocycles. The fourth-order valence-corrected chi connectivity index (χ4v) is 2.68. The number of hydrogen-bond acceptors (Lipinski definition) is 5. The molecule has 0 aromatic carbocycles. The fourth-order valence-electron chi connectivity index (χ4n) is 1.93. The number of halogens is 2. The Hall–Kier alpha value is -1.05. The number of aliphatic hydroxyl groups is 1. The third-order valence-electron chi connectivity index (χ3n) is 2.89. The third kappa shape index (κ3) is 3.29. The number of aromatic nitrogens is 1. The van der Waals surface area contributed by atoms with Crippen molar-refractivity contribution in [1.82, 2.24) is 9.88 Å². The molecule has 1 aliphatic heterocycles. The minimum atomic E-state index is -2.73. The SMILES string of the molecule is C=C(OCC)c1nc(C(O)N2CCC(F)(F)C2)cs1. The van der Waals surface area contributed by atoms with Gasteiger partial charge in [-0.15, -0.1) is 11.3 Å². The van der Waals surface area contributed by atoms with Crippen LogP contribution in [0.15, 0.2) is 12.0 Å². The molecular weight excluding hydrogens is 274 g/mol. The normalized spacial score (nSPS) is 20.4. The first-order valence-corrected chi connectivity index (χ1v) is 6.88. The quantitative estimate of drug-likeness (QED) is 0.846. The summed E-state index contributed by atoms with van der Waals surface area (Å²) in [5.41, 5.74) is 0.360. The molecule has 0 saturated carbocycles. The molecule has 19 heavy (non-hydrogen) atoms. The molecular formula is C12H16F2N2O2S. The fraction of sp³-hybridized carbons (Fsp3) is 0.583. The molecule has 1 aromatic rings. The van der Waals surface area contributed by atoms with Crippen molar-refractivity contribution in [2.75, 3.05) is 19.7 Å². The van der Waals surface area contributed by atoms with Gasteiger partial charge in [0.25, 0.3) is 5.92 Å². The smallest absolute Gasteiger partial charge is 0.261 e. The molecule has 1 unspecified atom stereocenters. The predicted molar refractivity (Wildman–Crippen MR) is 68.9 cm³/mol. The van der Waals surface area contributed by atoms with Crippen LogP contribution >= 0.6 is 11.3 Å². The molecule has 0 bridgehead atoms. The van der Waals surface area contributed by atoms with Gasteiger partial charge in [0, 0.05) is 18.3 Å². The van der Waals surface area contributed by atoms with Crippen LogP contribution in [0, 0.1) is 0 Å². The van der Waals surface area contributed by atoms with E-state index in [2.05, 4.69) is 11.6 Å². The lowest BCUT2D eigenvalue weighted by Crippen LogP contribution is -2.29. The summed E-state index contributed by atoms with van der Waals surface area (Å²) < 4.78 is 31.4. The maximum atomic E-state index is 13.1. The summed E-state index contributed by atoms with van der Waals surface area (Å²) in [5.74, 6) is -2.30. The largest absolute Gasteiger partial charge is 0.491 e. The summed E-state index contributed by atoms with van der Waals surface area (Å²) >= 11 is 1.27. The van der Waals surface area contributed by atoms with Crippen LogP contribution in [-0.2, 0) is 4.74 Å². The van der Waals surface area contributed by atoms with E-state index in [1.807, 2.05) is 6.92 Å². The Morgan fingerprint density at radius 1 is 1.74 bits per heavy atom. The average Bonchev–Trinajstić information content (AvgIpc) is 2.95. The van der Waals surface area contributed by atoms with Crippen LogP contribution in [0.3, 0.4) is 0 Å². The highest BCUT2D eigenvalue weighted by atomic mass is 32.1. The molecule has 0 aliphatic carbocycles. The summed E-state index contributed by atoms with van der Waals surface area (Å²) in [6, 6.07) is 0. The minimum absolute atomic E-state index is 0.160. The van der Waals surface area contributed by atoms with Crippen LogP contribution < -0.4 is 0 Å². The van der Waals surface area contributed by atoms with Crippen molar-refractivity contribution in [2.45, 2.75) is 25.5 Å². The Kier molecular flexibility index (Phi) is 4.17. The molecule has 0 spiro atoms. The van der Waals surface area contributed by atoms with Crippen molar-refractivity contribution in [3.8, 4) is 0 Å². The lowest BCUT2D eigenvalue weighted by atomic mass is 10.3. The topological polar surface area (TPSA) is 45.6 Å². The molecule has 1 saturated heterocycles. The van der Waals surface area contributed by atoms with E-state index in [0.29, 0.717) is 23.1 Å². The van der Waals surface area contributed by atoms with Gasteiger partial charge in [-0.05, 0) is 6.92 Å². The number of ether oxygens (including phenoxy) is 1. The number of likely N-dealkylation sites (tertiary alicyclic amines) is 1. The van der Waals surface area contributed by atoms with Crippen molar-refractivity contribution >= 4 is 17.1 Å². The second kappa shape index (κ2) is 5.52. The second-order valence-electron chi connectivity index (χ2n) is 4.38. The number of aliphatic hydroxyl groups excluding tert-OH is 1. The van der Waals surface area contributed by atoms with Gasteiger partial charge in [-0.25, -0.2) is 13.8 Å². The standard InChI is InChI=1S/C12H16F2N2O2S/c1-3-18-8(2)10-15-9(6-19-10)11(17)16-5-4-12(13,14)7-16/h6,11,17H,2-5,7H2,1H3. The van der Waals surface area contributed by atoms with E-state index < -0.39 is 18.7 Å². The first-order valence-electron chi connectivity index (χ1n) is 6.00. The zero-order chi connectivity index (χ0) is 14.0. The molecule has 2 heterocycles. The Morgan fingerprint density at radius 2 is 2.47 bits per heavy atom. The van der Waals surface area contributed by atoms with Crippen LogP contribution in [0.1, 0.15) is 30.3 Å². The highest BCUT2D eigenvalue weighted by molar-refractivity contribution is 7.10. The summed E-state index contributed by atoms with van der Waals surface area (Å²) in [5, 5.41) is 12.2. The van der Waals surface area contributed by atoms with E-state index in [1.165, 1.54) is 16.2 Å². The van der Waals surface area contributed by atoms with Gasteiger partial charge in [-0.1, -0.05) is 6.58 Å². The first-order chi connectivity index (χ1) is 8.93. The van der Waals surface area contributed by atoms with Gasteiger partial charge in [0.05, 0.1) is 18.8 Å². The lowest BCUT2D eigenvalue weighted by Gasteiger charge is -2.20. The van der Waals surface area contributed by atoms with Crippen molar-refractivity contribution < 1.29 is 18.6 Å². The number of hydrogen-bond donors (Lipinski definition) is 1. The van der Waals surface area contributed by atoms with Gasteiger partial charge in [-0.2, -0.15) is 0 Å². The molecule has 1 aliphatic rings. The van der Waals surface area contributed by atoms with E-state index >= 15 is 0 Å². The Morgan fingerprint density at radius 3 is 3.05 bits per heavy atom. The van der Waals surface area contributed by atoms with Crippen molar-refractivity contribution in [3.63, 3.8) is 0 Å². The molecule has 0 amide bonds. The van der Waals surface area contributed by atoms with Gasteiger partial charge >= 0.3 is 0 Å². The monoisotopic (exact) mass is 290 g/mol. The Bertz CT molecular complexity index is 464. The van der Waals surface area contributed by atoms with E-state index in [0.717, 1.165) is 0 Å². The summed E-state index contributed by atoms with van der Waals surface area (Å²) in [6.07, 6.45) is -1.33. The third-order valence-corrected chi connectivity index (χ3v) is 3.79. The van der Waals surface area contributed by atoms with Gasteiger partial charge in [0.1, 0.15) is 5.76 Å². The van der Waals surface area contributed by atoms with Gasteiger partial charge in [0.15, 0.2) is 11.2 Å². The molecule has 2 rings (SSSR count). The second-order valence-corrected chi connectivity index (χ2v) is 5.24. The molecule has 4 nitrogen and oxygen atoms in total. The zero-order valence-corrected chi connectivity index (χ0v) is 11.4. The van der Waals surface area contributed by atoms with Crippen molar-refractivity contribution in [3.05, 3.63) is 22.7 Å². The van der Waals surface area contributed by atoms with E-state index in [4.69, 9.17) is 4.74 Å². The number of nitrogens with zero attached hydrogens (tertiary/aromatic N) is 2. The maximum Gasteiger partial charge on any atom is 0.261 e. The highest BCUT2D eigenvalue weighted by Gasteiger charge is 2.41. The van der Waals surface area contributed by atoms with Crippen LogP contribution in [0.5, 0.6) is 0 Å². The molecule has 1 fully saturated rings. The number of rotatable bonds is 5. The summed E-state index contributed by atoms with van der Waals surface area (Å²) in [7, 11) is 0. The molecule has 0 radical (unpaired) electrons. The highest BCUT2D eigenvalue weighted by Crippen LogP contribution is 2.33. The predicted octanol–water partition coefficient (Wildman–Crippen LogP) is 2.48. The Labute approximate surface area is 114 Å². The molecule has 106 valence electrons. The minimum Gasteiger partial charge on any atom is -0.491 e. The maximum absolute atomic E-state index is 13.1. The number of alkyl halides is 2. The molecule has 7 heteroatoms. The van der Waals surface area contributed by atoms with Crippen LogP contribution in [0.2, 0.25) is 0 Å². The first kappa shape index (κ1) is 14.4. The van der Waals surface area contributed by atoms with E-state index in [9.17, 15) is 13.9 Å². The van der Waals surface area contributed by atoms with Crippen LogP contribution in [0.4, 0.5) is 8.78 Å². The summed E-state index contributed by atoms with van der Waals surface area (Å²) in [4.78, 5) is 5.50. The van der Waals surface area contributed by atoms with E-state index in [-0.39, 0.29) is 13.0 Å². The zero-order valence-electron chi connectivity index (χ0n) is 10.6. The van der Waals surface area contributed by atoms with Gasteiger partial charge in [0.2, 0.25) is 0 Å². The Balaban J connectivity index is 2.04. The summed E-state index contributed by atoms with van der Waals surface area (Å²) in [6.45, 7) is 5.76. The molecule has 1 N–H and O–H groups in total. The molecule has 1 atom stereocenters. The average molecular weight is 290 g/mol. The van der Waals surface area contributed by atoms with Crippen molar-refractivity contribution in [2.24, 2.45) is 0 Å². The lowest BCUT2D eigenvalue weighted by molar-refractivity contribution is -0.0315.